The van der Waals surface area contributed by atoms with Gasteiger partial charge in [0, 0.05) is 0 Å². The maximum absolute atomic E-state index is 12.7. The summed E-state index contributed by atoms with van der Waals surface area (Å²) < 4.78 is 86.5. The Morgan fingerprint density at radius 1 is 0.852 bits per heavy atom. The van der Waals surface area contributed by atoms with Gasteiger partial charge in [0.25, 0.3) is 0 Å². The Hall–Kier alpha value is -2.71. The topological polar surface area (TPSA) is 35.5 Å². The van der Waals surface area contributed by atoms with Gasteiger partial charge in [-0.3, -0.25) is 0 Å². The second kappa shape index (κ2) is 7.89. The Morgan fingerprint density at radius 3 is 1.70 bits per heavy atom. The Morgan fingerprint density at radius 2 is 1.30 bits per heavy atom. The summed E-state index contributed by atoms with van der Waals surface area (Å²) >= 11 is 0. The highest BCUT2D eigenvalue weighted by Crippen LogP contribution is 2.46. The Balaban J connectivity index is 2.15. The van der Waals surface area contributed by atoms with Crippen molar-refractivity contribution in [1.29, 1.82) is 0 Å². The van der Waals surface area contributed by atoms with E-state index in [1.54, 1.807) is 6.92 Å². The minimum atomic E-state index is -5.45. The molecule has 0 radical (unpaired) electrons. The quantitative estimate of drug-likeness (QED) is 0.472. The fourth-order valence-corrected chi connectivity index (χ4v) is 2.30. The predicted octanol–water partition coefficient (Wildman–Crippen LogP) is 5.86. The molecule has 2 aromatic carbocycles. The smallest absolute Gasteiger partial charge is 0.404 e. The maximum atomic E-state index is 12.7. The van der Waals surface area contributed by atoms with Gasteiger partial charge in [0.15, 0.2) is 5.92 Å². The average Bonchev–Trinajstić information content (AvgIpc) is 2.55. The zero-order chi connectivity index (χ0) is 20.2. The summed E-state index contributed by atoms with van der Waals surface area (Å²) in [7, 11) is 0. The Bertz CT molecular complexity index is 750. The number of hydrogen-bond donors (Lipinski definition) is 0. The highest BCUT2D eigenvalue weighted by Gasteiger charge is 2.57. The third-order valence-electron chi connectivity index (χ3n) is 3.47. The molecule has 3 nitrogen and oxygen atoms in total. The van der Waals surface area contributed by atoms with Gasteiger partial charge in [-0.15, -0.1) is 0 Å². The lowest BCUT2D eigenvalue weighted by atomic mass is 9.98. The molecule has 2 aromatic rings. The minimum absolute atomic E-state index is 0.0470. The van der Waals surface area contributed by atoms with E-state index in [4.69, 9.17) is 9.47 Å². The largest absolute Gasteiger partial charge is 0.462 e. The summed E-state index contributed by atoms with van der Waals surface area (Å²) in [6, 6.07) is 9.15. The molecule has 0 fully saturated rings. The van der Waals surface area contributed by atoms with Gasteiger partial charge in [0.05, 0.1) is 12.2 Å². The van der Waals surface area contributed by atoms with E-state index in [-0.39, 0.29) is 23.7 Å². The number of carbonyl (C=O) groups excluding carboxylic acids is 1. The number of hydrogen-bond acceptors (Lipinski definition) is 3. The lowest BCUT2D eigenvalue weighted by Gasteiger charge is -2.23. The molecule has 9 heteroatoms. The number of halogens is 6. The zero-order valence-corrected chi connectivity index (χ0v) is 13.9. The van der Waals surface area contributed by atoms with E-state index in [1.165, 1.54) is 24.3 Å². The molecule has 0 amide bonds. The molecule has 0 aliphatic carbocycles. The molecular formula is C18H14F6O3. The molecule has 0 unspecified atom stereocenters. The first kappa shape index (κ1) is 20.6. The van der Waals surface area contributed by atoms with Gasteiger partial charge in [-0.05, 0) is 48.9 Å². The van der Waals surface area contributed by atoms with Gasteiger partial charge in [-0.2, -0.15) is 26.3 Å². The van der Waals surface area contributed by atoms with E-state index in [2.05, 4.69) is 0 Å². The molecule has 0 atom stereocenters. The summed E-state index contributed by atoms with van der Waals surface area (Å²) in [4.78, 5) is 11.5. The SMILES string of the molecule is CCOC(=O)c1ccc(Oc2ccc(C(C(F)(F)F)C(F)(F)F)cc2)cc1. The molecule has 0 aliphatic heterocycles. The fraction of sp³-hybridized carbons (Fsp3) is 0.278. The van der Waals surface area contributed by atoms with E-state index in [9.17, 15) is 31.1 Å². The van der Waals surface area contributed by atoms with Crippen molar-refractivity contribution in [2.45, 2.75) is 25.2 Å². The molecule has 0 aromatic heterocycles. The highest BCUT2D eigenvalue weighted by atomic mass is 19.4. The van der Waals surface area contributed by atoms with Gasteiger partial charge in [0.1, 0.15) is 11.5 Å². The molecule has 0 bridgehead atoms. The number of benzene rings is 2. The van der Waals surface area contributed by atoms with Gasteiger partial charge >= 0.3 is 18.3 Å². The second-order valence-corrected chi connectivity index (χ2v) is 5.43. The summed E-state index contributed by atoms with van der Waals surface area (Å²) in [6.45, 7) is 1.86. The van der Waals surface area contributed by atoms with Gasteiger partial charge in [-0.25, -0.2) is 4.79 Å². The van der Waals surface area contributed by atoms with Crippen LogP contribution in [0.2, 0.25) is 0 Å². The van der Waals surface area contributed by atoms with Crippen LogP contribution >= 0.6 is 0 Å². The number of ether oxygens (including phenoxy) is 2. The van der Waals surface area contributed by atoms with Crippen LogP contribution in [0.15, 0.2) is 48.5 Å². The number of carbonyl (C=O) groups is 1. The normalized spacial score (nSPS) is 12.1. The van der Waals surface area contributed by atoms with E-state index in [1.807, 2.05) is 0 Å². The van der Waals surface area contributed by atoms with Gasteiger partial charge in [-0.1, -0.05) is 12.1 Å². The van der Waals surface area contributed by atoms with Crippen LogP contribution in [0.25, 0.3) is 0 Å². The van der Waals surface area contributed by atoms with E-state index < -0.39 is 29.8 Å². The second-order valence-electron chi connectivity index (χ2n) is 5.43. The average molecular weight is 392 g/mol. The van der Waals surface area contributed by atoms with Crippen molar-refractivity contribution < 1.29 is 40.6 Å². The van der Waals surface area contributed by atoms with E-state index in [0.717, 1.165) is 12.1 Å². The number of esters is 1. The first-order valence-corrected chi connectivity index (χ1v) is 7.70. The maximum Gasteiger partial charge on any atom is 0.404 e. The Kier molecular flexibility index (Phi) is 6.02. The van der Waals surface area contributed by atoms with Crippen molar-refractivity contribution in [3.63, 3.8) is 0 Å². The predicted molar refractivity (Wildman–Crippen MR) is 83.8 cm³/mol. The van der Waals surface area contributed by atoms with E-state index in [0.29, 0.717) is 12.1 Å². The molecule has 2 rings (SSSR count). The highest BCUT2D eigenvalue weighted by molar-refractivity contribution is 5.89. The third-order valence-corrected chi connectivity index (χ3v) is 3.47. The Labute approximate surface area is 150 Å². The molecule has 0 spiro atoms. The summed E-state index contributed by atoms with van der Waals surface area (Å²) in [5.74, 6) is -3.80. The molecule has 0 N–H and O–H groups in total. The molecule has 146 valence electrons. The first-order valence-electron chi connectivity index (χ1n) is 7.70. The van der Waals surface area contributed by atoms with Crippen LogP contribution in [-0.4, -0.2) is 24.9 Å². The van der Waals surface area contributed by atoms with Crippen LogP contribution in [-0.2, 0) is 4.74 Å². The van der Waals surface area contributed by atoms with Crippen LogP contribution in [0.5, 0.6) is 11.5 Å². The van der Waals surface area contributed by atoms with Crippen LogP contribution < -0.4 is 4.74 Å². The van der Waals surface area contributed by atoms with Crippen LogP contribution in [0.3, 0.4) is 0 Å². The minimum Gasteiger partial charge on any atom is -0.462 e. The zero-order valence-electron chi connectivity index (χ0n) is 13.9. The first-order chi connectivity index (χ1) is 12.5. The van der Waals surface area contributed by atoms with Crippen LogP contribution in [0.4, 0.5) is 26.3 Å². The van der Waals surface area contributed by atoms with E-state index >= 15 is 0 Å². The fourth-order valence-electron chi connectivity index (χ4n) is 2.30. The molecule has 0 aliphatic rings. The lowest BCUT2D eigenvalue weighted by molar-refractivity contribution is -0.253. The molecule has 0 saturated heterocycles. The van der Waals surface area contributed by atoms with Gasteiger partial charge in [0.2, 0.25) is 0 Å². The third kappa shape index (κ3) is 5.38. The molecule has 27 heavy (non-hydrogen) atoms. The summed E-state index contributed by atoms with van der Waals surface area (Å²) in [6.07, 6.45) is -10.9. The number of alkyl halides is 6. The van der Waals surface area contributed by atoms with Crippen molar-refractivity contribution in [3.8, 4) is 11.5 Å². The van der Waals surface area contributed by atoms with Gasteiger partial charge < -0.3 is 9.47 Å². The van der Waals surface area contributed by atoms with Crippen molar-refractivity contribution in [2.24, 2.45) is 0 Å². The number of rotatable bonds is 5. The molecule has 0 saturated carbocycles. The lowest BCUT2D eigenvalue weighted by Crippen LogP contribution is -2.34. The standard InChI is InChI=1S/C18H14F6O3/c1-2-26-16(25)12-5-9-14(10-6-12)27-13-7-3-11(4-8-13)15(17(19,20)21)18(22,23)24/h3-10,15H,2H2,1H3. The van der Waals surface area contributed by atoms with Crippen molar-refractivity contribution >= 4 is 5.97 Å². The van der Waals surface area contributed by atoms with Crippen LogP contribution in [0, 0.1) is 0 Å². The van der Waals surface area contributed by atoms with Crippen molar-refractivity contribution in [2.75, 3.05) is 6.61 Å². The summed E-state index contributed by atoms with van der Waals surface area (Å²) in [5, 5.41) is 0. The summed E-state index contributed by atoms with van der Waals surface area (Å²) in [5.41, 5.74) is -0.655. The molecular weight excluding hydrogens is 378 g/mol. The molecule has 0 heterocycles. The monoisotopic (exact) mass is 392 g/mol. The van der Waals surface area contributed by atoms with Crippen molar-refractivity contribution in [1.82, 2.24) is 0 Å². The van der Waals surface area contributed by atoms with Crippen LogP contribution in [0.1, 0.15) is 28.8 Å². The van der Waals surface area contributed by atoms with Crippen molar-refractivity contribution in [3.05, 3.63) is 59.7 Å².